The first kappa shape index (κ1) is 19.5. The smallest absolute Gasteiger partial charge is 0.235 e. The second-order valence-electron chi connectivity index (χ2n) is 7.12. The molecule has 2 aromatic carbocycles. The van der Waals surface area contributed by atoms with Crippen LogP contribution in [0, 0.1) is 5.82 Å². The zero-order valence-corrected chi connectivity index (χ0v) is 17.0. The third kappa shape index (κ3) is 4.08. The number of aromatic nitrogens is 5. The highest BCUT2D eigenvalue weighted by molar-refractivity contribution is 5.68. The molecule has 1 unspecified atom stereocenters. The van der Waals surface area contributed by atoms with Gasteiger partial charge in [0, 0.05) is 11.6 Å². The molecule has 1 atom stereocenters. The van der Waals surface area contributed by atoms with Crippen LogP contribution >= 0.6 is 0 Å². The number of nitrogens with two attached hydrogens (primary N) is 1. The van der Waals surface area contributed by atoms with Crippen molar-refractivity contribution in [1.82, 2.24) is 25.1 Å². The summed E-state index contributed by atoms with van der Waals surface area (Å²) in [5.74, 6) is 2.16. The Morgan fingerprint density at radius 2 is 1.78 bits per heavy atom. The third-order valence-corrected chi connectivity index (χ3v) is 4.87. The fraction of sp³-hybridized carbons (Fsp3) is 0.143. The number of halogens is 1. The van der Waals surface area contributed by atoms with Gasteiger partial charge < -0.3 is 25.8 Å². The highest BCUT2D eigenvalue weighted by Gasteiger charge is 2.15. The van der Waals surface area contributed by atoms with Crippen molar-refractivity contribution in [3.05, 3.63) is 59.9 Å². The molecule has 1 aliphatic rings. The molecule has 0 saturated heterocycles. The fourth-order valence-electron chi connectivity index (χ4n) is 3.25. The minimum absolute atomic E-state index is 0.0443. The third-order valence-electron chi connectivity index (χ3n) is 4.87. The normalized spacial score (nSPS) is 13.1. The number of nitrogens with one attached hydrogen (secondary N) is 3. The predicted octanol–water partition coefficient (Wildman–Crippen LogP) is 3.63. The summed E-state index contributed by atoms with van der Waals surface area (Å²) in [4.78, 5) is 12.6. The summed E-state index contributed by atoms with van der Waals surface area (Å²) >= 11 is 0. The van der Waals surface area contributed by atoms with Gasteiger partial charge in [-0.3, -0.25) is 5.10 Å². The van der Waals surface area contributed by atoms with Gasteiger partial charge in [0.25, 0.3) is 0 Å². The summed E-state index contributed by atoms with van der Waals surface area (Å²) in [6.07, 6.45) is 0. The van der Waals surface area contributed by atoms with Gasteiger partial charge >= 0.3 is 0 Å². The number of rotatable bonds is 6. The number of aromatic amines is 1. The van der Waals surface area contributed by atoms with Crippen LogP contribution in [0.25, 0.3) is 11.3 Å². The lowest BCUT2D eigenvalue weighted by atomic mass is 10.1. The molecule has 5 N–H and O–H groups in total. The summed E-state index contributed by atoms with van der Waals surface area (Å²) in [6, 6.07) is 13.5. The molecule has 0 saturated carbocycles. The lowest BCUT2D eigenvalue weighted by molar-refractivity contribution is 0.174. The highest BCUT2D eigenvalue weighted by Crippen LogP contribution is 2.35. The summed E-state index contributed by atoms with van der Waals surface area (Å²) in [5.41, 5.74) is 8.39. The van der Waals surface area contributed by atoms with Crippen molar-refractivity contribution < 1.29 is 13.9 Å². The summed E-state index contributed by atoms with van der Waals surface area (Å²) in [6.45, 7) is 2.12. The quantitative estimate of drug-likeness (QED) is 0.359. The fourth-order valence-corrected chi connectivity index (χ4v) is 3.25. The van der Waals surface area contributed by atoms with Crippen molar-refractivity contribution in [2.24, 2.45) is 0 Å². The molecule has 0 spiro atoms. The van der Waals surface area contributed by atoms with Gasteiger partial charge in [0.05, 0.1) is 11.7 Å². The van der Waals surface area contributed by atoms with E-state index in [0.29, 0.717) is 17.3 Å². The number of nitrogens with zero attached hydrogens (tertiary/aromatic N) is 4. The number of hydrogen-bond donors (Lipinski definition) is 4. The monoisotopic (exact) mass is 434 g/mol. The van der Waals surface area contributed by atoms with E-state index < -0.39 is 0 Å². The van der Waals surface area contributed by atoms with E-state index in [0.717, 1.165) is 16.8 Å². The Morgan fingerprint density at radius 3 is 2.62 bits per heavy atom. The van der Waals surface area contributed by atoms with Gasteiger partial charge in [0.2, 0.25) is 24.6 Å². The molecule has 162 valence electrons. The molecule has 1 aliphatic heterocycles. The number of ether oxygens (including phenoxy) is 2. The molecular weight excluding hydrogens is 415 g/mol. The minimum Gasteiger partial charge on any atom is -0.454 e. The molecule has 11 heteroatoms. The van der Waals surface area contributed by atoms with Gasteiger partial charge in [-0.1, -0.05) is 12.1 Å². The van der Waals surface area contributed by atoms with E-state index in [4.69, 9.17) is 15.2 Å². The maximum Gasteiger partial charge on any atom is 0.235 e. The van der Waals surface area contributed by atoms with Crippen LogP contribution in [0.15, 0.2) is 48.5 Å². The van der Waals surface area contributed by atoms with Crippen LogP contribution in [-0.4, -0.2) is 31.9 Å². The van der Waals surface area contributed by atoms with E-state index in [-0.39, 0.29) is 36.5 Å². The number of benzene rings is 2. The van der Waals surface area contributed by atoms with Gasteiger partial charge in [-0.05, 0) is 42.8 Å². The van der Waals surface area contributed by atoms with Gasteiger partial charge in [0.15, 0.2) is 17.3 Å². The molecule has 4 aromatic rings. The van der Waals surface area contributed by atoms with Crippen LogP contribution in [-0.2, 0) is 0 Å². The molecule has 0 bridgehead atoms. The lowest BCUT2D eigenvalue weighted by Crippen LogP contribution is -2.12. The van der Waals surface area contributed by atoms with E-state index in [1.165, 1.54) is 12.1 Å². The van der Waals surface area contributed by atoms with Crippen LogP contribution in [0.4, 0.5) is 28.1 Å². The van der Waals surface area contributed by atoms with Crippen LogP contribution in [0.2, 0.25) is 0 Å². The van der Waals surface area contributed by atoms with E-state index in [1.54, 1.807) is 12.1 Å². The molecule has 10 nitrogen and oxygen atoms in total. The molecule has 0 fully saturated rings. The first-order valence-electron chi connectivity index (χ1n) is 9.79. The predicted molar refractivity (Wildman–Crippen MR) is 116 cm³/mol. The van der Waals surface area contributed by atoms with Crippen molar-refractivity contribution in [3.8, 4) is 22.8 Å². The summed E-state index contributed by atoms with van der Waals surface area (Å²) in [7, 11) is 0. The average molecular weight is 434 g/mol. The number of anilines is 4. The Labute approximate surface area is 182 Å². The Kier molecular flexibility index (Phi) is 4.90. The highest BCUT2D eigenvalue weighted by atomic mass is 19.1. The number of nitrogen functional groups attached to an aromatic ring is 1. The van der Waals surface area contributed by atoms with Crippen molar-refractivity contribution in [2.75, 3.05) is 23.2 Å². The molecule has 5 rings (SSSR count). The minimum atomic E-state index is -0.295. The Bertz CT molecular complexity index is 1260. The topological polar surface area (TPSA) is 136 Å². The Hall–Kier alpha value is -4.41. The second kappa shape index (κ2) is 8.02. The van der Waals surface area contributed by atoms with Crippen molar-refractivity contribution in [3.63, 3.8) is 0 Å². The van der Waals surface area contributed by atoms with Gasteiger partial charge in [-0.15, -0.1) is 0 Å². The van der Waals surface area contributed by atoms with E-state index in [1.807, 2.05) is 31.2 Å². The van der Waals surface area contributed by atoms with Crippen molar-refractivity contribution in [2.45, 2.75) is 13.0 Å². The van der Waals surface area contributed by atoms with Crippen molar-refractivity contribution in [1.29, 1.82) is 0 Å². The van der Waals surface area contributed by atoms with Crippen LogP contribution in [0.1, 0.15) is 18.5 Å². The zero-order chi connectivity index (χ0) is 22.1. The molecule has 0 radical (unpaired) electrons. The molecule has 0 amide bonds. The first-order chi connectivity index (χ1) is 15.5. The maximum absolute atomic E-state index is 13.2. The molecular formula is C21H19FN8O2. The molecule has 32 heavy (non-hydrogen) atoms. The lowest BCUT2D eigenvalue weighted by Gasteiger charge is -2.14. The maximum atomic E-state index is 13.2. The van der Waals surface area contributed by atoms with Crippen LogP contribution in [0.5, 0.6) is 11.5 Å². The molecule has 3 heterocycles. The summed E-state index contributed by atoms with van der Waals surface area (Å²) in [5, 5.41) is 13.4. The summed E-state index contributed by atoms with van der Waals surface area (Å²) < 4.78 is 23.9. The van der Waals surface area contributed by atoms with Crippen molar-refractivity contribution >= 4 is 23.7 Å². The number of hydrogen-bond acceptors (Lipinski definition) is 9. The van der Waals surface area contributed by atoms with Crippen LogP contribution < -0.4 is 25.8 Å². The largest absolute Gasteiger partial charge is 0.454 e. The zero-order valence-electron chi connectivity index (χ0n) is 17.0. The van der Waals surface area contributed by atoms with Gasteiger partial charge in [-0.25, -0.2) is 4.39 Å². The Balaban J connectivity index is 1.32. The number of fused-ring (bicyclic) bond motifs is 1. The van der Waals surface area contributed by atoms with Gasteiger partial charge in [0.1, 0.15) is 5.82 Å². The van der Waals surface area contributed by atoms with Gasteiger partial charge in [-0.2, -0.15) is 20.1 Å². The van der Waals surface area contributed by atoms with E-state index >= 15 is 0 Å². The SMILES string of the molecule is CC(Nc1nc(N)nc(Nc2cc(-c3ccc4c(c3)OCO4)[nH]n2)n1)c1ccc(F)cc1. The van der Waals surface area contributed by atoms with E-state index in [2.05, 4.69) is 35.8 Å². The Morgan fingerprint density at radius 1 is 1.00 bits per heavy atom. The van der Waals surface area contributed by atoms with Crippen LogP contribution in [0.3, 0.4) is 0 Å². The number of H-pyrrole nitrogens is 1. The first-order valence-corrected chi connectivity index (χ1v) is 9.79. The molecule has 0 aliphatic carbocycles. The second-order valence-corrected chi connectivity index (χ2v) is 7.12. The van der Waals surface area contributed by atoms with E-state index in [9.17, 15) is 4.39 Å². The molecule has 2 aromatic heterocycles. The standard InChI is InChI=1S/C21H19FN8O2/c1-11(12-2-5-14(22)6-3-12)24-20-26-19(23)27-21(28-20)25-18-9-15(29-30-18)13-4-7-16-17(8-13)32-10-31-16/h2-9,11H,10H2,1H3,(H5,23,24,25,26,27,28,29,30). The average Bonchev–Trinajstić information content (AvgIpc) is 3.42.